The van der Waals surface area contributed by atoms with Crippen LogP contribution in [-0.4, -0.2) is 73.2 Å². The Bertz CT molecular complexity index is 246. The van der Waals surface area contributed by atoms with Gasteiger partial charge in [-0.2, -0.15) is 0 Å². The lowest BCUT2D eigenvalue weighted by molar-refractivity contribution is -0.136. The molecule has 5 nitrogen and oxygen atoms in total. The van der Waals surface area contributed by atoms with Crippen molar-refractivity contribution in [3.63, 3.8) is 0 Å². The topological polar surface area (TPSA) is 55.8 Å². The summed E-state index contributed by atoms with van der Waals surface area (Å²) in [6.07, 6.45) is 2.55. The minimum absolute atomic E-state index is 0.133. The molecule has 2 aliphatic rings. The number of rotatable bonds is 3. The lowest BCUT2D eigenvalue weighted by Crippen LogP contribution is -2.51. The van der Waals surface area contributed by atoms with Gasteiger partial charge in [0.05, 0.1) is 0 Å². The van der Waals surface area contributed by atoms with Crippen LogP contribution < -0.4 is 5.32 Å². The molecule has 0 aromatic heterocycles. The van der Waals surface area contributed by atoms with Crippen LogP contribution in [0.15, 0.2) is 0 Å². The molecule has 0 aromatic rings. The first-order valence-electron chi connectivity index (χ1n) is 6.61. The molecule has 0 spiro atoms. The van der Waals surface area contributed by atoms with Gasteiger partial charge in [-0.1, -0.05) is 0 Å². The second-order valence-corrected chi connectivity index (χ2v) is 5.03. The lowest BCUT2D eigenvalue weighted by Gasteiger charge is -2.37. The largest absolute Gasteiger partial charge is 0.387 e. The Kier molecular flexibility index (Phi) is 4.76. The number of aliphatic hydroxyl groups excluding tert-OH is 1. The van der Waals surface area contributed by atoms with Crippen LogP contribution in [0.1, 0.15) is 12.8 Å². The summed E-state index contributed by atoms with van der Waals surface area (Å²) in [5, 5.41) is 12.2. The number of hydrogen-bond acceptors (Lipinski definition) is 4. The summed E-state index contributed by atoms with van der Waals surface area (Å²) >= 11 is 0. The minimum atomic E-state index is -0.353. The highest BCUT2D eigenvalue weighted by Gasteiger charge is 2.23. The van der Waals surface area contributed by atoms with E-state index in [1.54, 1.807) is 4.90 Å². The van der Waals surface area contributed by atoms with E-state index in [2.05, 4.69) is 10.2 Å². The third kappa shape index (κ3) is 3.66. The Hall–Kier alpha value is -0.650. The van der Waals surface area contributed by atoms with E-state index >= 15 is 0 Å². The fourth-order valence-electron chi connectivity index (χ4n) is 2.71. The molecule has 1 amide bonds. The molecule has 0 bridgehead atoms. The van der Waals surface area contributed by atoms with E-state index in [4.69, 9.17) is 5.11 Å². The van der Waals surface area contributed by atoms with Crippen molar-refractivity contribution in [1.29, 1.82) is 0 Å². The average Bonchev–Trinajstić information content (AvgIpc) is 2.40. The van der Waals surface area contributed by atoms with Gasteiger partial charge in [0.2, 0.25) is 5.91 Å². The number of carbonyl (C=O) groups excluding carboxylic acids is 1. The number of amides is 1. The molecule has 0 aromatic carbocycles. The van der Waals surface area contributed by atoms with Crippen LogP contribution in [-0.2, 0) is 4.79 Å². The summed E-state index contributed by atoms with van der Waals surface area (Å²) in [6, 6.07) is 0. The van der Waals surface area contributed by atoms with E-state index in [9.17, 15) is 4.79 Å². The first kappa shape index (κ1) is 12.8. The predicted octanol–water partition coefficient (Wildman–Crippen LogP) is -0.877. The number of nitrogens with one attached hydrogen (secondary N) is 1. The van der Waals surface area contributed by atoms with Gasteiger partial charge in [0.15, 0.2) is 0 Å². The molecule has 5 heteroatoms. The van der Waals surface area contributed by atoms with Crippen molar-refractivity contribution in [2.75, 3.05) is 52.4 Å². The Balaban J connectivity index is 1.69. The maximum Gasteiger partial charge on any atom is 0.248 e. The molecule has 2 aliphatic heterocycles. The van der Waals surface area contributed by atoms with Gasteiger partial charge in [0.25, 0.3) is 0 Å². The Morgan fingerprint density at radius 2 is 1.82 bits per heavy atom. The van der Waals surface area contributed by atoms with Gasteiger partial charge in [0.1, 0.15) is 6.61 Å². The van der Waals surface area contributed by atoms with Gasteiger partial charge in [0, 0.05) is 32.7 Å². The normalized spacial score (nSPS) is 23.9. The number of aliphatic hydroxyl groups is 1. The van der Waals surface area contributed by atoms with Gasteiger partial charge in [-0.25, -0.2) is 0 Å². The van der Waals surface area contributed by atoms with Crippen LogP contribution in [0.4, 0.5) is 0 Å². The maximum atomic E-state index is 11.3. The standard InChI is InChI=1S/C12H23N3O2/c16-10-12(17)15-7-5-14(6-8-15)9-11-1-3-13-4-2-11/h11,13,16H,1-10H2. The zero-order valence-corrected chi connectivity index (χ0v) is 10.4. The summed E-state index contributed by atoms with van der Waals surface area (Å²) in [5.74, 6) is 0.683. The molecule has 2 rings (SSSR count). The van der Waals surface area contributed by atoms with Gasteiger partial charge in [-0.15, -0.1) is 0 Å². The van der Waals surface area contributed by atoms with E-state index in [1.807, 2.05) is 0 Å². The second-order valence-electron chi connectivity index (χ2n) is 5.03. The Morgan fingerprint density at radius 1 is 1.18 bits per heavy atom. The maximum absolute atomic E-state index is 11.3. The van der Waals surface area contributed by atoms with Gasteiger partial charge < -0.3 is 15.3 Å². The van der Waals surface area contributed by atoms with Crippen LogP contribution >= 0.6 is 0 Å². The van der Waals surface area contributed by atoms with Crippen molar-refractivity contribution < 1.29 is 9.90 Å². The van der Waals surface area contributed by atoms with Crippen molar-refractivity contribution in [2.45, 2.75) is 12.8 Å². The molecule has 2 saturated heterocycles. The van der Waals surface area contributed by atoms with E-state index in [0.717, 1.165) is 45.2 Å². The highest BCUT2D eigenvalue weighted by atomic mass is 16.3. The summed E-state index contributed by atoms with van der Waals surface area (Å²) in [7, 11) is 0. The smallest absolute Gasteiger partial charge is 0.248 e. The van der Waals surface area contributed by atoms with E-state index in [1.165, 1.54) is 19.4 Å². The van der Waals surface area contributed by atoms with E-state index < -0.39 is 0 Å². The zero-order valence-electron chi connectivity index (χ0n) is 10.4. The summed E-state index contributed by atoms with van der Waals surface area (Å²) in [6.45, 7) is 6.55. The van der Waals surface area contributed by atoms with Crippen LogP contribution in [0.2, 0.25) is 0 Å². The summed E-state index contributed by atoms with van der Waals surface area (Å²) in [5.41, 5.74) is 0. The number of piperidine rings is 1. The van der Waals surface area contributed by atoms with Gasteiger partial charge in [-0.3, -0.25) is 9.69 Å². The third-order valence-corrected chi connectivity index (χ3v) is 3.84. The molecule has 0 unspecified atom stereocenters. The Morgan fingerprint density at radius 3 is 2.41 bits per heavy atom. The van der Waals surface area contributed by atoms with Crippen LogP contribution in [0.25, 0.3) is 0 Å². The first-order valence-corrected chi connectivity index (χ1v) is 6.61. The molecular weight excluding hydrogens is 218 g/mol. The summed E-state index contributed by atoms with van der Waals surface area (Å²) < 4.78 is 0. The number of nitrogens with zero attached hydrogens (tertiary/aromatic N) is 2. The highest BCUT2D eigenvalue weighted by molar-refractivity contribution is 5.77. The molecule has 0 atom stereocenters. The molecular formula is C12H23N3O2. The monoisotopic (exact) mass is 241 g/mol. The Labute approximate surface area is 103 Å². The fourth-order valence-corrected chi connectivity index (χ4v) is 2.71. The van der Waals surface area contributed by atoms with Crippen molar-refractivity contribution in [3.8, 4) is 0 Å². The van der Waals surface area contributed by atoms with Gasteiger partial charge >= 0.3 is 0 Å². The SMILES string of the molecule is O=C(CO)N1CCN(CC2CCNCC2)CC1. The van der Waals surface area contributed by atoms with Crippen molar-refractivity contribution in [1.82, 2.24) is 15.1 Å². The second kappa shape index (κ2) is 6.33. The molecule has 2 fully saturated rings. The van der Waals surface area contributed by atoms with Crippen LogP contribution in [0.5, 0.6) is 0 Å². The van der Waals surface area contributed by atoms with Crippen LogP contribution in [0.3, 0.4) is 0 Å². The predicted molar refractivity (Wildman–Crippen MR) is 65.7 cm³/mol. The highest BCUT2D eigenvalue weighted by Crippen LogP contribution is 2.14. The van der Waals surface area contributed by atoms with Crippen LogP contribution in [0, 0.1) is 5.92 Å². The molecule has 0 aliphatic carbocycles. The van der Waals surface area contributed by atoms with Crippen molar-refractivity contribution in [3.05, 3.63) is 0 Å². The molecule has 0 radical (unpaired) electrons. The van der Waals surface area contributed by atoms with Crippen molar-refractivity contribution in [2.24, 2.45) is 5.92 Å². The minimum Gasteiger partial charge on any atom is -0.387 e. The first-order chi connectivity index (χ1) is 8.29. The number of carbonyl (C=O) groups is 1. The molecule has 0 saturated carbocycles. The molecule has 98 valence electrons. The summed E-state index contributed by atoms with van der Waals surface area (Å²) in [4.78, 5) is 15.5. The number of piperazine rings is 1. The number of hydrogen-bond donors (Lipinski definition) is 2. The van der Waals surface area contributed by atoms with Crippen molar-refractivity contribution >= 4 is 5.91 Å². The lowest BCUT2D eigenvalue weighted by atomic mass is 9.97. The molecule has 17 heavy (non-hydrogen) atoms. The third-order valence-electron chi connectivity index (χ3n) is 3.84. The zero-order chi connectivity index (χ0) is 12.1. The molecule has 2 N–H and O–H groups in total. The average molecular weight is 241 g/mol. The molecule has 2 heterocycles. The van der Waals surface area contributed by atoms with E-state index in [0.29, 0.717) is 0 Å². The fraction of sp³-hybridized carbons (Fsp3) is 0.917. The van der Waals surface area contributed by atoms with Gasteiger partial charge in [-0.05, 0) is 31.8 Å². The van der Waals surface area contributed by atoms with E-state index in [-0.39, 0.29) is 12.5 Å². The quantitative estimate of drug-likeness (QED) is 0.674.